The van der Waals surface area contributed by atoms with Gasteiger partial charge in [-0.1, -0.05) is 6.07 Å². The van der Waals surface area contributed by atoms with E-state index >= 15 is 0 Å². The monoisotopic (exact) mass is 463 g/mol. The van der Waals surface area contributed by atoms with Crippen LogP contribution in [-0.2, 0) is 0 Å². The lowest BCUT2D eigenvalue weighted by atomic mass is 9.82. The van der Waals surface area contributed by atoms with Gasteiger partial charge in [-0.3, -0.25) is 5.10 Å². The number of hydrogen-bond donors (Lipinski definition) is 2. The molecule has 0 amide bonds. The van der Waals surface area contributed by atoms with Gasteiger partial charge in [-0.15, -0.1) is 0 Å². The van der Waals surface area contributed by atoms with Gasteiger partial charge in [0.15, 0.2) is 0 Å². The number of nitrogens with zero attached hydrogens (tertiary/aromatic N) is 5. The van der Waals surface area contributed by atoms with Crippen LogP contribution in [0.15, 0.2) is 40.8 Å². The van der Waals surface area contributed by atoms with Gasteiger partial charge in [-0.2, -0.15) is 10.4 Å². The number of benzene rings is 1. The van der Waals surface area contributed by atoms with E-state index in [1.165, 1.54) is 18.2 Å². The number of likely N-dealkylation sites (tertiary alicyclic amines) is 1. The third-order valence-corrected chi connectivity index (χ3v) is 7.23. The summed E-state index contributed by atoms with van der Waals surface area (Å²) in [6, 6.07) is 6.11. The standard InChI is InChI=1S/C25H27F2N7/c1-14-21-23(32-31-14)16-12-19(34-10-8-25(3,13-28)9-11-34)33(4)15(2)22(16)30-24(29-21)20-17(26)6-5-7-18(20)27/h5-7,12,15H,8-11H2,1-4H3,(H,29,30)(H,31,32). The van der Waals surface area contributed by atoms with Gasteiger partial charge in [-0.25, -0.2) is 13.8 Å². The Kier molecular flexibility index (Phi) is 5.19. The van der Waals surface area contributed by atoms with Gasteiger partial charge in [0.05, 0.1) is 28.8 Å². The molecule has 176 valence electrons. The first kappa shape index (κ1) is 22.1. The Balaban J connectivity index is 1.62. The quantitative estimate of drug-likeness (QED) is 0.698. The molecular formula is C25H27F2N7. The number of hydrogen-bond acceptors (Lipinski definition) is 6. The summed E-state index contributed by atoms with van der Waals surface area (Å²) in [4.78, 5) is 9.07. The zero-order valence-corrected chi connectivity index (χ0v) is 19.7. The van der Waals surface area contributed by atoms with Gasteiger partial charge in [0.1, 0.15) is 34.7 Å². The van der Waals surface area contributed by atoms with Crippen molar-refractivity contribution in [3.63, 3.8) is 0 Å². The van der Waals surface area contributed by atoms with Gasteiger partial charge in [0, 0.05) is 31.4 Å². The molecule has 1 aromatic carbocycles. The van der Waals surface area contributed by atoms with Gasteiger partial charge in [-0.05, 0) is 51.8 Å². The highest BCUT2D eigenvalue weighted by molar-refractivity contribution is 6.05. The molecule has 1 fully saturated rings. The molecule has 0 radical (unpaired) electrons. The number of aromatic nitrogens is 2. The Morgan fingerprint density at radius 1 is 1.21 bits per heavy atom. The molecule has 1 saturated heterocycles. The van der Waals surface area contributed by atoms with Crippen LogP contribution in [0, 0.1) is 35.3 Å². The van der Waals surface area contributed by atoms with E-state index in [0.717, 1.165) is 43.0 Å². The van der Waals surface area contributed by atoms with Crippen molar-refractivity contribution in [2.24, 2.45) is 10.4 Å². The van der Waals surface area contributed by atoms with E-state index in [-0.39, 0.29) is 22.9 Å². The number of allylic oxidation sites excluding steroid dienone is 2. The summed E-state index contributed by atoms with van der Waals surface area (Å²) in [5, 5.41) is 20.2. The number of fused-ring (bicyclic) bond motifs is 2. The number of nitrogens with one attached hydrogen (secondary N) is 2. The van der Waals surface area contributed by atoms with Crippen molar-refractivity contribution in [3.05, 3.63) is 64.4 Å². The van der Waals surface area contributed by atoms with Crippen LogP contribution in [-0.4, -0.2) is 52.0 Å². The highest BCUT2D eigenvalue weighted by Crippen LogP contribution is 2.40. The number of likely N-dealkylation sites (N-methyl/N-ethyl adjacent to an activating group) is 1. The number of aliphatic imine (C=N–C) groups is 1. The molecule has 0 aliphatic carbocycles. The molecule has 34 heavy (non-hydrogen) atoms. The van der Waals surface area contributed by atoms with Crippen LogP contribution < -0.4 is 5.32 Å². The number of H-pyrrole nitrogens is 1. The summed E-state index contributed by atoms with van der Waals surface area (Å²) in [6.45, 7) is 7.45. The molecule has 9 heteroatoms. The molecule has 3 aliphatic heterocycles. The lowest BCUT2D eigenvalue weighted by Gasteiger charge is -2.44. The Morgan fingerprint density at radius 3 is 2.53 bits per heavy atom. The van der Waals surface area contributed by atoms with Crippen LogP contribution in [0.2, 0.25) is 0 Å². The maximum Gasteiger partial charge on any atom is 0.144 e. The molecule has 1 atom stereocenters. The van der Waals surface area contributed by atoms with Crippen molar-refractivity contribution in [1.29, 1.82) is 5.26 Å². The van der Waals surface area contributed by atoms with Crippen molar-refractivity contribution >= 4 is 17.1 Å². The van der Waals surface area contributed by atoms with Crippen molar-refractivity contribution in [2.45, 2.75) is 39.7 Å². The van der Waals surface area contributed by atoms with Crippen LogP contribution in [0.25, 0.3) is 5.57 Å². The average molecular weight is 464 g/mol. The predicted molar refractivity (Wildman–Crippen MR) is 126 cm³/mol. The summed E-state index contributed by atoms with van der Waals surface area (Å²) in [6.07, 6.45) is 3.65. The normalized spacial score (nSPS) is 21.6. The minimum absolute atomic E-state index is 0.117. The fraction of sp³-hybridized carbons (Fsp3) is 0.400. The highest BCUT2D eigenvalue weighted by Gasteiger charge is 2.37. The molecule has 0 bridgehead atoms. The van der Waals surface area contributed by atoms with E-state index < -0.39 is 11.6 Å². The van der Waals surface area contributed by atoms with Crippen molar-refractivity contribution in [2.75, 3.05) is 20.1 Å². The molecule has 1 unspecified atom stereocenters. The smallest absolute Gasteiger partial charge is 0.144 e. The van der Waals surface area contributed by atoms with Gasteiger partial charge < -0.3 is 15.1 Å². The number of nitriles is 1. The number of amidine groups is 1. The number of aryl methyl sites for hydroxylation is 1. The van der Waals surface area contributed by atoms with E-state index in [0.29, 0.717) is 17.1 Å². The van der Waals surface area contributed by atoms with Gasteiger partial charge in [0.2, 0.25) is 0 Å². The Hall–Kier alpha value is -3.67. The van der Waals surface area contributed by atoms with Crippen molar-refractivity contribution < 1.29 is 8.78 Å². The second-order valence-electron chi connectivity index (χ2n) is 9.50. The summed E-state index contributed by atoms with van der Waals surface area (Å²) in [5.41, 5.74) is 3.02. The minimum Gasteiger partial charge on any atom is -0.358 e. The highest BCUT2D eigenvalue weighted by atomic mass is 19.1. The zero-order valence-electron chi connectivity index (χ0n) is 19.7. The summed E-state index contributed by atoms with van der Waals surface area (Å²) in [7, 11) is 2.00. The molecule has 3 aliphatic rings. The number of rotatable bonds is 2. The second-order valence-corrected chi connectivity index (χ2v) is 9.50. The topological polar surface area (TPSA) is 83.3 Å². The number of piperidine rings is 1. The first-order valence-electron chi connectivity index (χ1n) is 11.4. The summed E-state index contributed by atoms with van der Waals surface area (Å²) >= 11 is 0. The Bertz CT molecular complexity index is 1270. The average Bonchev–Trinajstić information content (AvgIpc) is 3.08. The molecule has 4 heterocycles. The van der Waals surface area contributed by atoms with E-state index in [9.17, 15) is 14.0 Å². The van der Waals surface area contributed by atoms with E-state index in [4.69, 9.17) is 0 Å². The third-order valence-electron chi connectivity index (χ3n) is 7.23. The fourth-order valence-corrected chi connectivity index (χ4v) is 4.81. The predicted octanol–water partition coefficient (Wildman–Crippen LogP) is 4.19. The SMILES string of the molecule is Cc1[nH]nc2c1N=C(c1c(F)cccc1F)NC1=C2C=C(N2CCC(C)(C#N)CC2)N(C)C1C. The molecule has 7 nitrogen and oxygen atoms in total. The summed E-state index contributed by atoms with van der Waals surface area (Å²) in [5.74, 6) is -0.216. The molecule has 0 saturated carbocycles. The zero-order chi connectivity index (χ0) is 24.2. The van der Waals surface area contributed by atoms with E-state index in [1.807, 2.05) is 27.8 Å². The minimum atomic E-state index is -0.681. The van der Waals surface area contributed by atoms with Crippen LogP contribution in [0.3, 0.4) is 0 Å². The molecule has 0 spiro atoms. The van der Waals surface area contributed by atoms with Crippen LogP contribution in [0.1, 0.15) is 43.6 Å². The lowest BCUT2D eigenvalue weighted by molar-refractivity contribution is 0.139. The fourth-order valence-electron chi connectivity index (χ4n) is 4.81. The molecular weight excluding hydrogens is 436 g/mol. The largest absolute Gasteiger partial charge is 0.358 e. The first-order valence-corrected chi connectivity index (χ1v) is 11.4. The third kappa shape index (κ3) is 3.45. The van der Waals surface area contributed by atoms with Crippen molar-refractivity contribution in [3.8, 4) is 6.07 Å². The first-order chi connectivity index (χ1) is 16.2. The van der Waals surface area contributed by atoms with Crippen molar-refractivity contribution in [1.82, 2.24) is 25.3 Å². The molecule has 2 aromatic rings. The molecule has 1 aromatic heterocycles. The van der Waals surface area contributed by atoms with Crippen LogP contribution >= 0.6 is 0 Å². The molecule has 2 N–H and O–H groups in total. The van der Waals surface area contributed by atoms with Crippen LogP contribution in [0.4, 0.5) is 14.5 Å². The van der Waals surface area contributed by atoms with Gasteiger partial charge in [0.25, 0.3) is 0 Å². The van der Waals surface area contributed by atoms with Gasteiger partial charge >= 0.3 is 0 Å². The van der Waals surface area contributed by atoms with E-state index in [1.54, 1.807) is 0 Å². The maximum absolute atomic E-state index is 14.7. The number of aromatic amines is 1. The second kappa shape index (κ2) is 7.97. The van der Waals surface area contributed by atoms with Crippen LogP contribution in [0.5, 0.6) is 0 Å². The summed E-state index contributed by atoms with van der Waals surface area (Å²) < 4.78 is 29.4. The van der Waals surface area contributed by atoms with E-state index in [2.05, 4.69) is 42.5 Å². The maximum atomic E-state index is 14.7. The molecule has 5 rings (SSSR count). The Labute approximate surface area is 197 Å². The Morgan fingerprint density at radius 2 is 1.88 bits per heavy atom. The lowest BCUT2D eigenvalue weighted by Crippen LogP contribution is -2.48. The number of halogens is 2.